The molecule has 100 valence electrons. The van der Waals surface area contributed by atoms with Crippen LogP contribution in [0.15, 0.2) is 18.2 Å². The smallest absolute Gasteiger partial charge is 0.124 e. The van der Waals surface area contributed by atoms with E-state index in [9.17, 15) is 4.39 Å². The molecule has 1 aromatic rings. The van der Waals surface area contributed by atoms with Crippen molar-refractivity contribution in [1.82, 2.24) is 5.32 Å². The summed E-state index contributed by atoms with van der Waals surface area (Å²) < 4.78 is 13.0. The predicted octanol–water partition coefficient (Wildman–Crippen LogP) is 3.40. The first-order chi connectivity index (χ1) is 8.56. The number of nitrogens with one attached hydrogen (secondary N) is 1. The molecule has 0 aliphatic heterocycles. The number of hydrogen-bond acceptors (Lipinski definition) is 2. The van der Waals surface area contributed by atoms with E-state index < -0.39 is 0 Å². The zero-order valence-corrected chi connectivity index (χ0v) is 11.4. The van der Waals surface area contributed by atoms with Gasteiger partial charge in [0, 0.05) is 23.1 Å². The second-order valence-electron chi connectivity index (χ2n) is 5.17. The van der Waals surface area contributed by atoms with Crippen molar-refractivity contribution in [1.29, 1.82) is 0 Å². The topological polar surface area (TPSA) is 38.0 Å². The fourth-order valence-corrected chi connectivity index (χ4v) is 2.91. The Hall–Kier alpha value is -0.640. The maximum Gasteiger partial charge on any atom is 0.124 e. The summed E-state index contributed by atoms with van der Waals surface area (Å²) in [6.45, 7) is 2.06. The normalized spacial score (nSPS) is 26.0. The van der Waals surface area contributed by atoms with Gasteiger partial charge in [-0.25, -0.2) is 4.39 Å². The van der Waals surface area contributed by atoms with Crippen LogP contribution >= 0.6 is 11.6 Å². The van der Waals surface area contributed by atoms with Gasteiger partial charge >= 0.3 is 0 Å². The number of rotatable bonds is 3. The van der Waals surface area contributed by atoms with E-state index in [0.717, 1.165) is 31.2 Å². The lowest BCUT2D eigenvalue weighted by atomic mass is 9.91. The van der Waals surface area contributed by atoms with Gasteiger partial charge in [0.25, 0.3) is 0 Å². The highest BCUT2D eigenvalue weighted by atomic mass is 35.5. The molecule has 3 N–H and O–H groups in total. The summed E-state index contributed by atoms with van der Waals surface area (Å²) in [7, 11) is 0. The molecule has 0 heterocycles. The van der Waals surface area contributed by atoms with E-state index >= 15 is 0 Å². The van der Waals surface area contributed by atoms with Crippen LogP contribution in [0.4, 0.5) is 4.39 Å². The van der Waals surface area contributed by atoms with E-state index in [0.29, 0.717) is 17.1 Å². The molecule has 1 saturated carbocycles. The molecule has 0 saturated heterocycles. The van der Waals surface area contributed by atoms with Gasteiger partial charge in [0.15, 0.2) is 0 Å². The third-order valence-corrected chi connectivity index (χ3v) is 4.01. The van der Waals surface area contributed by atoms with Crippen LogP contribution in [0.2, 0.25) is 5.02 Å². The molecular formula is C14H20ClFN2. The van der Waals surface area contributed by atoms with Crippen LogP contribution in [0.25, 0.3) is 0 Å². The van der Waals surface area contributed by atoms with Gasteiger partial charge in [-0.1, -0.05) is 17.7 Å². The highest BCUT2D eigenvalue weighted by Gasteiger charge is 2.21. The van der Waals surface area contributed by atoms with Crippen LogP contribution < -0.4 is 11.1 Å². The van der Waals surface area contributed by atoms with Gasteiger partial charge < -0.3 is 11.1 Å². The largest absolute Gasteiger partial charge is 0.328 e. The molecule has 1 aromatic carbocycles. The van der Waals surface area contributed by atoms with Gasteiger partial charge in [-0.3, -0.25) is 0 Å². The summed E-state index contributed by atoms with van der Waals surface area (Å²) in [5.41, 5.74) is 6.84. The Morgan fingerprint density at radius 1 is 1.33 bits per heavy atom. The van der Waals surface area contributed by atoms with Gasteiger partial charge in [0.2, 0.25) is 0 Å². The maximum absolute atomic E-state index is 13.0. The first-order valence-corrected chi connectivity index (χ1v) is 6.90. The average Bonchev–Trinajstić information content (AvgIpc) is 2.32. The molecule has 0 bridgehead atoms. The Morgan fingerprint density at radius 2 is 2.00 bits per heavy atom. The lowest BCUT2D eigenvalue weighted by Crippen LogP contribution is -2.38. The van der Waals surface area contributed by atoms with Crippen molar-refractivity contribution in [2.24, 2.45) is 5.73 Å². The van der Waals surface area contributed by atoms with Crippen LogP contribution in [-0.4, -0.2) is 12.1 Å². The van der Waals surface area contributed by atoms with E-state index in [1.54, 1.807) is 6.07 Å². The van der Waals surface area contributed by atoms with Gasteiger partial charge in [0.1, 0.15) is 5.82 Å². The SMILES string of the molecule is CC(NC1CCC(N)CC1)c1ccc(F)cc1Cl. The monoisotopic (exact) mass is 270 g/mol. The lowest BCUT2D eigenvalue weighted by Gasteiger charge is -2.30. The summed E-state index contributed by atoms with van der Waals surface area (Å²) in [6, 6.07) is 5.55. The van der Waals surface area contributed by atoms with Crippen molar-refractivity contribution in [3.63, 3.8) is 0 Å². The molecule has 1 aliphatic rings. The van der Waals surface area contributed by atoms with Crippen molar-refractivity contribution in [2.45, 2.75) is 50.7 Å². The molecule has 0 radical (unpaired) electrons. The Labute approximate surface area is 113 Å². The average molecular weight is 271 g/mol. The van der Waals surface area contributed by atoms with Crippen molar-refractivity contribution in [3.8, 4) is 0 Å². The summed E-state index contributed by atoms with van der Waals surface area (Å²) in [5.74, 6) is -0.292. The van der Waals surface area contributed by atoms with Crippen LogP contribution in [0, 0.1) is 5.82 Å². The van der Waals surface area contributed by atoms with Crippen LogP contribution in [0.5, 0.6) is 0 Å². The van der Waals surface area contributed by atoms with E-state index in [1.165, 1.54) is 12.1 Å². The minimum absolute atomic E-state index is 0.137. The van der Waals surface area contributed by atoms with Crippen LogP contribution in [0.3, 0.4) is 0 Å². The van der Waals surface area contributed by atoms with Crippen molar-refractivity contribution in [3.05, 3.63) is 34.6 Å². The molecule has 0 amide bonds. The standard InChI is InChI=1S/C14H20ClFN2/c1-9(13-7-2-10(16)8-14(13)15)18-12-5-3-11(17)4-6-12/h2,7-9,11-12,18H,3-6,17H2,1H3. The number of nitrogens with two attached hydrogens (primary N) is 1. The molecule has 1 atom stereocenters. The fraction of sp³-hybridized carbons (Fsp3) is 0.571. The van der Waals surface area contributed by atoms with Gasteiger partial charge in [-0.05, 0) is 50.3 Å². The number of benzene rings is 1. The highest BCUT2D eigenvalue weighted by Crippen LogP contribution is 2.26. The van der Waals surface area contributed by atoms with Gasteiger partial charge in [-0.2, -0.15) is 0 Å². The maximum atomic E-state index is 13.0. The minimum atomic E-state index is -0.292. The molecule has 0 aromatic heterocycles. The summed E-state index contributed by atoms with van der Waals surface area (Å²) in [5, 5.41) is 4.04. The Kier molecular flexibility index (Phi) is 4.60. The number of hydrogen-bond donors (Lipinski definition) is 2. The van der Waals surface area contributed by atoms with E-state index in [-0.39, 0.29) is 11.9 Å². The summed E-state index contributed by atoms with van der Waals surface area (Å²) in [6.07, 6.45) is 4.34. The van der Waals surface area contributed by atoms with Crippen LogP contribution in [-0.2, 0) is 0 Å². The van der Waals surface area contributed by atoms with Crippen molar-refractivity contribution < 1.29 is 4.39 Å². The second-order valence-corrected chi connectivity index (χ2v) is 5.57. The molecule has 2 nitrogen and oxygen atoms in total. The Bertz CT molecular complexity index is 403. The zero-order valence-electron chi connectivity index (χ0n) is 10.6. The van der Waals surface area contributed by atoms with Gasteiger partial charge in [-0.15, -0.1) is 0 Å². The Morgan fingerprint density at radius 3 is 2.61 bits per heavy atom. The van der Waals surface area contributed by atoms with Crippen molar-refractivity contribution in [2.75, 3.05) is 0 Å². The lowest BCUT2D eigenvalue weighted by molar-refractivity contribution is 0.322. The zero-order chi connectivity index (χ0) is 13.1. The second kappa shape index (κ2) is 6.00. The van der Waals surface area contributed by atoms with Crippen molar-refractivity contribution >= 4 is 11.6 Å². The first-order valence-electron chi connectivity index (χ1n) is 6.53. The van der Waals surface area contributed by atoms with E-state index in [1.807, 2.05) is 0 Å². The molecule has 1 fully saturated rings. The molecule has 1 aliphatic carbocycles. The molecule has 2 rings (SSSR count). The van der Waals surface area contributed by atoms with E-state index in [4.69, 9.17) is 17.3 Å². The quantitative estimate of drug-likeness (QED) is 0.883. The van der Waals surface area contributed by atoms with Gasteiger partial charge in [0.05, 0.1) is 0 Å². The van der Waals surface area contributed by atoms with Crippen LogP contribution in [0.1, 0.15) is 44.2 Å². The predicted molar refractivity (Wildman–Crippen MR) is 73.2 cm³/mol. The third-order valence-electron chi connectivity index (χ3n) is 3.69. The molecule has 18 heavy (non-hydrogen) atoms. The number of halogens is 2. The minimum Gasteiger partial charge on any atom is -0.328 e. The highest BCUT2D eigenvalue weighted by molar-refractivity contribution is 6.31. The molecule has 1 unspecified atom stereocenters. The Balaban J connectivity index is 1.97. The molecular weight excluding hydrogens is 251 g/mol. The fourth-order valence-electron chi connectivity index (χ4n) is 2.58. The first kappa shape index (κ1) is 13.8. The third kappa shape index (κ3) is 3.44. The molecule has 0 spiro atoms. The summed E-state index contributed by atoms with van der Waals surface area (Å²) in [4.78, 5) is 0. The van der Waals surface area contributed by atoms with E-state index in [2.05, 4.69) is 12.2 Å². The molecule has 4 heteroatoms. The summed E-state index contributed by atoms with van der Waals surface area (Å²) >= 11 is 6.07.